The van der Waals surface area contributed by atoms with E-state index >= 15 is 0 Å². The number of benzene rings is 1. The monoisotopic (exact) mass is 197 g/mol. The van der Waals surface area contributed by atoms with Gasteiger partial charge in [-0.05, 0) is 13.0 Å². The first-order valence-electron chi connectivity index (χ1n) is 5.08. The molecule has 0 radical (unpaired) electrons. The Morgan fingerprint density at radius 3 is 2.93 bits per heavy atom. The Labute approximate surface area is 87.4 Å². The third kappa shape index (κ3) is 1.06. The van der Waals surface area contributed by atoms with Gasteiger partial charge < -0.3 is 4.57 Å². The molecule has 0 atom stereocenters. The van der Waals surface area contributed by atoms with Crippen molar-refractivity contribution in [3.63, 3.8) is 0 Å². The van der Waals surface area contributed by atoms with Crippen LogP contribution in [0.3, 0.4) is 0 Å². The van der Waals surface area contributed by atoms with Crippen LogP contribution < -0.4 is 0 Å². The van der Waals surface area contributed by atoms with Crippen molar-refractivity contribution in [2.75, 3.05) is 0 Å². The molecule has 0 fully saturated rings. The first-order chi connectivity index (χ1) is 7.42. The van der Waals surface area contributed by atoms with Crippen LogP contribution in [-0.4, -0.2) is 14.5 Å². The second-order valence-electron chi connectivity index (χ2n) is 3.52. The topological polar surface area (TPSA) is 30.7 Å². The molecule has 0 spiro atoms. The summed E-state index contributed by atoms with van der Waals surface area (Å²) in [6.45, 7) is 3.06. The van der Waals surface area contributed by atoms with Crippen molar-refractivity contribution < 1.29 is 0 Å². The van der Waals surface area contributed by atoms with Crippen LogP contribution in [0.4, 0.5) is 0 Å². The molecule has 0 aliphatic carbocycles. The van der Waals surface area contributed by atoms with Gasteiger partial charge in [-0.2, -0.15) is 0 Å². The van der Waals surface area contributed by atoms with Crippen LogP contribution in [0.1, 0.15) is 6.92 Å². The van der Waals surface area contributed by atoms with Crippen molar-refractivity contribution in [2.24, 2.45) is 0 Å². The van der Waals surface area contributed by atoms with Crippen molar-refractivity contribution in [3.8, 4) is 0 Å². The highest BCUT2D eigenvalue weighted by atomic mass is 15.0. The normalized spacial score (nSPS) is 11.3. The fraction of sp³-hybridized carbons (Fsp3) is 0.167. The molecule has 0 aliphatic rings. The van der Waals surface area contributed by atoms with Crippen LogP contribution in [0.2, 0.25) is 0 Å². The lowest BCUT2D eigenvalue weighted by Gasteiger charge is -2.00. The van der Waals surface area contributed by atoms with Gasteiger partial charge in [0.15, 0.2) is 0 Å². The minimum absolute atomic E-state index is 0.932. The zero-order chi connectivity index (χ0) is 10.3. The average molecular weight is 197 g/mol. The molecule has 3 heteroatoms. The lowest BCUT2D eigenvalue weighted by atomic mass is 10.2. The Bertz CT molecular complexity index is 572. The van der Waals surface area contributed by atoms with Crippen molar-refractivity contribution in [2.45, 2.75) is 13.5 Å². The van der Waals surface area contributed by atoms with Gasteiger partial charge in [-0.1, -0.05) is 18.2 Å². The SMILES string of the molecule is CCn1c2ccccc2c2cncnc21. The van der Waals surface area contributed by atoms with E-state index in [0.29, 0.717) is 0 Å². The minimum Gasteiger partial charge on any atom is -0.325 e. The number of para-hydroxylation sites is 1. The molecule has 15 heavy (non-hydrogen) atoms. The van der Waals surface area contributed by atoms with Crippen LogP contribution in [0.25, 0.3) is 21.9 Å². The summed E-state index contributed by atoms with van der Waals surface area (Å²) in [5.41, 5.74) is 2.25. The van der Waals surface area contributed by atoms with Crippen molar-refractivity contribution in [1.82, 2.24) is 14.5 Å². The molecule has 0 bridgehead atoms. The largest absolute Gasteiger partial charge is 0.325 e. The van der Waals surface area contributed by atoms with E-state index in [1.807, 2.05) is 6.20 Å². The molecule has 2 heterocycles. The van der Waals surface area contributed by atoms with E-state index < -0.39 is 0 Å². The summed E-state index contributed by atoms with van der Waals surface area (Å²) in [6.07, 6.45) is 3.49. The molecule has 0 amide bonds. The molecule has 0 saturated heterocycles. The Morgan fingerprint density at radius 2 is 2.07 bits per heavy atom. The summed E-state index contributed by atoms with van der Waals surface area (Å²) in [5, 5.41) is 2.37. The molecule has 3 aromatic rings. The molecule has 3 nitrogen and oxygen atoms in total. The van der Waals surface area contributed by atoms with Gasteiger partial charge in [0, 0.05) is 23.5 Å². The number of aromatic nitrogens is 3. The molecule has 0 saturated carbocycles. The van der Waals surface area contributed by atoms with Gasteiger partial charge >= 0.3 is 0 Å². The summed E-state index contributed by atoms with van der Waals surface area (Å²) >= 11 is 0. The highest BCUT2D eigenvalue weighted by molar-refractivity contribution is 6.06. The maximum absolute atomic E-state index is 4.34. The van der Waals surface area contributed by atoms with E-state index in [0.717, 1.165) is 17.6 Å². The van der Waals surface area contributed by atoms with Gasteiger partial charge in [0.1, 0.15) is 12.0 Å². The molecule has 2 aromatic heterocycles. The standard InChI is InChI=1S/C12H11N3/c1-2-15-11-6-4-3-5-9(11)10-7-13-8-14-12(10)15/h3-8H,2H2,1H3. The zero-order valence-electron chi connectivity index (χ0n) is 8.51. The number of hydrogen-bond acceptors (Lipinski definition) is 2. The van der Waals surface area contributed by atoms with E-state index in [4.69, 9.17) is 0 Å². The van der Waals surface area contributed by atoms with Gasteiger partial charge in [-0.25, -0.2) is 9.97 Å². The zero-order valence-corrected chi connectivity index (χ0v) is 8.51. The summed E-state index contributed by atoms with van der Waals surface area (Å²) in [7, 11) is 0. The number of hydrogen-bond donors (Lipinski definition) is 0. The second-order valence-corrected chi connectivity index (χ2v) is 3.52. The molecule has 0 N–H and O–H groups in total. The Balaban J connectivity index is 2.62. The predicted octanol–water partition coefficient (Wildman–Crippen LogP) is 2.60. The maximum atomic E-state index is 4.34. The summed E-state index contributed by atoms with van der Waals surface area (Å²) in [6, 6.07) is 8.35. The lowest BCUT2D eigenvalue weighted by Crippen LogP contribution is -1.94. The fourth-order valence-corrected chi connectivity index (χ4v) is 2.10. The predicted molar refractivity (Wildman–Crippen MR) is 60.7 cm³/mol. The summed E-state index contributed by atoms with van der Waals surface area (Å²) in [5.74, 6) is 0. The van der Waals surface area contributed by atoms with Crippen molar-refractivity contribution >= 4 is 21.9 Å². The molecule has 1 aromatic carbocycles. The van der Waals surface area contributed by atoms with Crippen LogP contribution >= 0.6 is 0 Å². The molecule has 0 unspecified atom stereocenters. The molecular formula is C12H11N3. The second kappa shape index (κ2) is 3.05. The third-order valence-electron chi connectivity index (χ3n) is 2.75. The molecule has 0 aliphatic heterocycles. The van der Waals surface area contributed by atoms with Crippen LogP contribution in [-0.2, 0) is 6.54 Å². The highest BCUT2D eigenvalue weighted by Crippen LogP contribution is 2.26. The molecule has 74 valence electrons. The van der Waals surface area contributed by atoms with Gasteiger partial charge in [-0.3, -0.25) is 0 Å². The summed E-state index contributed by atoms with van der Waals surface area (Å²) < 4.78 is 2.21. The highest BCUT2D eigenvalue weighted by Gasteiger charge is 2.08. The average Bonchev–Trinajstić information content (AvgIpc) is 2.63. The Kier molecular flexibility index (Phi) is 1.71. The summed E-state index contributed by atoms with van der Waals surface area (Å²) in [4.78, 5) is 8.43. The van der Waals surface area contributed by atoms with E-state index in [1.165, 1.54) is 10.9 Å². The van der Waals surface area contributed by atoms with Crippen LogP contribution in [0.5, 0.6) is 0 Å². The Hall–Kier alpha value is -1.90. The number of nitrogens with zero attached hydrogens (tertiary/aromatic N) is 3. The Morgan fingerprint density at radius 1 is 1.20 bits per heavy atom. The molecular weight excluding hydrogens is 186 g/mol. The quantitative estimate of drug-likeness (QED) is 0.600. The van der Waals surface area contributed by atoms with Crippen molar-refractivity contribution in [1.29, 1.82) is 0 Å². The maximum Gasteiger partial charge on any atom is 0.144 e. The minimum atomic E-state index is 0.932. The van der Waals surface area contributed by atoms with E-state index in [9.17, 15) is 0 Å². The number of fused-ring (bicyclic) bond motifs is 3. The number of aryl methyl sites for hydroxylation is 1. The smallest absolute Gasteiger partial charge is 0.144 e. The first kappa shape index (κ1) is 8.41. The van der Waals surface area contributed by atoms with E-state index in [-0.39, 0.29) is 0 Å². The van der Waals surface area contributed by atoms with Crippen LogP contribution in [0, 0.1) is 0 Å². The van der Waals surface area contributed by atoms with Gasteiger partial charge in [0.05, 0.1) is 5.52 Å². The molecule has 3 rings (SSSR count). The fourth-order valence-electron chi connectivity index (χ4n) is 2.10. The van der Waals surface area contributed by atoms with Gasteiger partial charge in [-0.15, -0.1) is 0 Å². The van der Waals surface area contributed by atoms with E-state index in [2.05, 4.69) is 45.7 Å². The van der Waals surface area contributed by atoms with E-state index in [1.54, 1.807) is 6.33 Å². The van der Waals surface area contributed by atoms with Crippen LogP contribution in [0.15, 0.2) is 36.8 Å². The first-order valence-corrected chi connectivity index (χ1v) is 5.08. The van der Waals surface area contributed by atoms with Gasteiger partial charge in [0.2, 0.25) is 0 Å². The van der Waals surface area contributed by atoms with Gasteiger partial charge in [0.25, 0.3) is 0 Å². The lowest BCUT2D eigenvalue weighted by molar-refractivity contribution is 0.815. The van der Waals surface area contributed by atoms with Crippen molar-refractivity contribution in [3.05, 3.63) is 36.8 Å². The number of rotatable bonds is 1. The third-order valence-corrected chi connectivity index (χ3v) is 2.75.